The van der Waals surface area contributed by atoms with Gasteiger partial charge in [-0.05, 0) is 38.9 Å². The van der Waals surface area contributed by atoms with Gasteiger partial charge >= 0.3 is 0 Å². The molecule has 2 aliphatic rings. The molecule has 1 aromatic carbocycles. The Balaban J connectivity index is 1.69. The van der Waals surface area contributed by atoms with Crippen LogP contribution >= 0.6 is 0 Å². The zero-order chi connectivity index (χ0) is 14.0. The molecule has 0 aliphatic carbocycles. The summed E-state index contributed by atoms with van der Waals surface area (Å²) < 4.78 is 5.82. The van der Waals surface area contributed by atoms with Gasteiger partial charge in [-0.15, -0.1) is 0 Å². The zero-order valence-corrected chi connectivity index (χ0v) is 12.7. The number of hydrogen-bond acceptors (Lipinski definition) is 3. The van der Waals surface area contributed by atoms with E-state index in [0.29, 0.717) is 5.92 Å². The molecule has 0 aromatic heterocycles. The van der Waals surface area contributed by atoms with Crippen LogP contribution in [0.2, 0.25) is 0 Å². The highest BCUT2D eigenvalue weighted by molar-refractivity contribution is 5.39. The minimum absolute atomic E-state index is 0.259. The van der Waals surface area contributed by atoms with Crippen LogP contribution in [0.5, 0.6) is 5.75 Å². The van der Waals surface area contributed by atoms with E-state index >= 15 is 0 Å². The highest BCUT2D eigenvalue weighted by Gasteiger charge is 2.31. The van der Waals surface area contributed by atoms with E-state index in [1.807, 2.05) is 0 Å². The number of ether oxygens (including phenoxy) is 1. The van der Waals surface area contributed by atoms with Gasteiger partial charge in [0.05, 0.1) is 6.61 Å². The van der Waals surface area contributed by atoms with E-state index < -0.39 is 0 Å². The Bertz CT molecular complexity index is 462. The number of para-hydroxylation sites is 1. The molecule has 3 rings (SSSR count). The first-order valence-corrected chi connectivity index (χ1v) is 7.89. The Kier molecular flexibility index (Phi) is 3.99. The third-order valence-electron chi connectivity index (χ3n) is 4.83. The second kappa shape index (κ2) is 5.74. The number of nitrogens with one attached hydrogen (secondary N) is 1. The molecule has 20 heavy (non-hydrogen) atoms. The zero-order valence-electron chi connectivity index (χ0n) is 12.7. The van der Waals surface area contributed by atoms with Crippen molar-refractivity contribution in [3.8, 4) is 5.75 Å². The first-order valence-electron chi connectivity index (χ1n) is 7.89. The van der Waals surface area contributed by atoms with Crippen molar-refractivity contribution >= 4 is 0 Å². The predicted octanol–water partition coefficient (Wildman–Crippen LogP) is 2.63. The van der Waals surface area contributed by atoms with Gasteiger partial charge < -0.3 is 15.0 Å². The third kappa shape index (κ3) is 2.84. The first kappa shape index (κ1) is 13.9. The molecule has 2 atom stereocenters. The fourth-order valence-corrected chi connectivity index (χ4v) is 3.41. The molecule has 1 aromatic rings. The van der Waals surface area contributed by atoms with Crippen LogP contribution in [-0.2, 0) is 0 Å². The molecule has 0 spiro atoms. The summed E-state index contributed by atoms with van der Waals surface area (Å²) >= 11 is 0. The largest absolute Gasteiger partial charge is 0.493 e. The van der Waals surface area contributed by atoms with Crippen LogP contribution in [0.25, 0.3) is 0 Å². The molecular formula is C17H26N2O. The first-order chi connectivity index (χ1) is 9.70. The van der Waals surface area contributed by atoms with E-state index in [-0.39, 0.29) is 5.54 Å². The molecule has 3 nitrogen and oxygen atoms in total. The second-order valence-electron chi connectivity index (χ2n) is 6.48. The van der Waals surface area contributed by atoms with Crippen molar-refractivity contribution in [1.82, 2.24) is 10.2 Å². The summed E-state index contributed by atoms with van der Waals surface area (Å²) in [5.41, 5.74) is 1.65. The van der Waals surface area contributed by atoms with Crippen LogP contribution in [0, 0.1) is 0 Å². The summed E-state index contributed by atoms with van der Waals surface area (Å²) in [6.45, 7) is 10.1. The minimum Gasteiger partial charge on any atom is -0.493 e. The fraction of sp³-hybridized carbons (Fsp3) is 0.647. The maximum atomic E-state index is 5.82. The van der Waals surface area contributed by atoms with Crippen molar-refractivity contribution < 1.29 is 4.74 Å². The van der Waals surface area contributed by atoms with Gasteiger partial charge in [0.2, 0.25) is 0 Å². The topological polar surface area (TPSA) is 24.5 Å². The van der Waals surface area contributed by atoms with Crippen molar-refractivity contribution in [2.24, 2.45) is 0 Å². The Morgan fingerprint density at radius 3 is 3.10 bits per heavy atom. The van der Waals surface area contributed by atoms with Crippen LogP contribution in [-0.4, -0.2) is 43.2 Å². The Morgan fingerprint density at radius 1 is 1.40 bits per heavy atom. The van der Waals surface area contributed by atoms with Crippen molar-refractivity contribution in [1.29, 1.82) is 0 Å². The van der Waals surface area contributed by atoms with Gasteiger partial charge in [-0.25, -0.2) is 0 Å². The molecule has 1 fully saturated rings. The normalized spacial score (nSPS) is 30.6. The van der Waals surface area contributed by atoms with E-state index in [2.05, 4.69) is 48.3 Å². The molecule has 2 unspecified atom stereocenters. The lowest BCUT2D eigenvalue weighted by molar-refractivity contribution is 0.194. The van der Waals surface area contributed by atoms with Crippen LogP contribution in [0.3, 0.4) is 0 Å². The van der Waals surface area contributed by atoms with Crippen LogP contribution in [0.1, 0.15) is 38.2 Å². The average Bonchev–Trinajstić information content (AvgIpc) is 2.76. The second-order valence-corrected chi connectivity index (χ2v) is 6.48. The van der Waals surface area contributed by atoms with Gasteiger partial charge in [-0.1, -0.05) is 25.1 Å². The lowest BCUT2D eigenvalue weighted by Crippen LogP contribution is -2.49. The van der Waals surface area contributed by atoms with Gasteiger partial charge in [0.1, 0.15) is 5.75 Å². The summed E-state index contributed by atoms with van der Waals surface area (Å²) in [5, 5.41) is 3.71. The Labute approximate surface area is 122 Å². The summed E-state index contributed by atoms with van der Waals surface area (Å²) in [5.74, 6) is 1.62. The summed E-state index contributed by atoms with van der Waals surface area (Å²) in [4.78, 5) is 2.62. The van der Waals surface area contributed by atoms with E-state index in [1.54, 1.807) is 0 Å². The van der Waals surface area contributed by atoms with Gasteiger partial charge in [0.15, 0.2) is 0 Å². The molecule has 3 heteroatoms. The minimum atomic E-state index is 0.259. The van der Waals surface area contributed by atoms with Gasteiger partial charge in [0, 0.05) is 30.1 Å². The van der Waals surface area contributed by atoms with Gasteiger partial charge in [-0.3, -0.25) is 0 Å². The standard InChI is InChI=1S/C17H26N2O/c1-3-17(2)13-19(10-6-9-18-17)11-14-12-20-16-8-5-4-7-15(14)16/h4-5,7-8,14,18H,3,6,9-13H2,1-2H3. The van der Waals surface area contributed by atoms with Crippen molar-refractivity contribution in [3.05, 3.63) is 29.8 Å². The van der Waals surface area contributed by atoms with E-state index in [9.17, 15) is 0 Å². The molecule has 0 bridgehead atoms. The van der Waals surface area contributed by atoms with Crippen LogP contribution in [0.15, 0.2) is 24.3 Å². The highest BCUT2D eigenvalue weighted by Crippen LogP contribution is 2.34. The summed E-state index contributed by atoms with van der Waals surface area (Å²) in [6, 6.07) is 8.50. The summed E-state index contributed by atoms with van der Waals surface area (Å²) in [6.07, 6.45) is 2.42. The molecule has 0 amide bonds. The van der Waals surface area contributed by atoms with E-state index in [0.717, 1.165) is 32.0 Å². The number of fused-ring (bicyclic) bond motifs is 1. The van der Waals surface area contributed by atoms with Crippen molar-refractivity contribution in [3.63, 3.8) is 0 Å². The van der Waals surface area contributed by atoms with Gasteiger partial charge in [-0.2, -0.15) is 0 Å². The number of hydrogen-bond donors (Lipinski definition) is 1. The molecule has 110 valence electrons. The predicted molar refractivity (Wildman–Crippen MR) is 82.4 cm³/mol. The maximum absolute atomic E-state index is 5.82. The average molecular weight is 274 g/mol. The molecular weight excluding hydrogens is 248 g/mol. The van der Waals surface area contributed by atoms with E-state index in [1.165, 1.54) is 24.9 Å². The number of rotatable bonds is 3. The van der Waals surface area contributed by atoms with Gasteiger partial charge in [0.25, 0.3) is 0 Å². The van der Waals surface area contributed by atoms with Crippen LogP contribution in [0.4, 0.5) is 0 Å². The van der Waals surface area contributed by atoms with Crippen LogP contribution < -0.4 is 10.1 Å². The number of nitrogens with zero attached hydrogens (tertiary/aromatic N) is 1. The Morgan fingerprint density at radius 2 is 2.25 bits per heavy atom. The molecule has 1 saturated heterocycles. The van der Waals surface area contributed by atoms with Crippen molar-refractivity contribution in [2.45, 2.75) is 38.1 Å². The molecule has 0 saturated carbocycles. The molecule has 2 aliphatic heterocycles. The lowest BCUT2D eigenvalue weighted by Gasteiger charge is -2.33. The maximum Gasteiger partial charge on any atom is 0.122 e. The van der Waals surface area contributed by atoms with Crippen molar-refractivity contribution in [2.75, 3.05) is 32.8 Å². The fourth-order valence-electron chi connectivity index (χ4n) is 3.41. The lowest BCUT2D eigenvalue weighted by atomic mass is 9.96. The smallest absolute Gasteiger partial charge is 0.122 e. The quantitative estimate of drug-likeness (QED) is 0.917. The Hall–Kier alpha value is -1.06. The molecule has 2 heterocycles. The monoisotopic (exact) mass is 274 g/mol. The number of benzene rings is 1. The SMILES string of the molecule is CCC1(C)CN(CC2COc3ccccc32)CCCN1. The third-order valence-corrected chi connectivity index (χ3v) is 4.83. The molecule has 1 N–H and O–H groups in total. The summed E-state index contributed by atoms with van der Waals surface area (Å²) in [7, 11) is 0. The molecule has 0 radical (unpaired) electrons. The van der Waals surface area contributed by atoms with E-state index in [4.69, 9.17) is 4.74 Å². The highest BCUT2D eigenvalue weighted by atomic mass is 16.5.